The molecule has 0 spiro atoms. The van der Waals surface area contributed by atoms with Crippen LogP contribution in [0.4, 0.5) is 10.8 Å². The van der Waals surface area contributed by atoms with Crippen molar-refractivity contribution in [2.75, 3.05) is 23.4 Å². The summed E-state index contributed by atoms with van der Waals surface area (Å²) in [6, 6.07) is 0.450. The molecule has 5 nitrogen and oxygen atoms in total. The van der Waals surface area contributed by atoms with Gasteiger partial charge in [-0.25, -0.2) is 8.42 Å². The van der Waals surface area contributed by atoms with E-state index in [-0.39, 0.29) is 16.5 Å². The quantitative estimate of drug-likeness (QED) is 0.879. The normalized spacial score (nSPS) is 16.4. The highest BCUT2D eigenvalue weighted by atomic mass is 32.2. The van der Waals surface area contributed by atoms with Crippen LogP contribution in [0.1, 0.15) is 19.8 Å². The average molecular weight is 261 g/mol. The molecule has 2 rings (SSSR count). The third kappa shape index (κ3) is 1.89. The van der Waals surface area contributed by atoms with E-state index in [1.807, 2.05) is 11.9 Å². The Morgan fingerprint density at radius 2 is 2.19 bits per heavy atom. The van der Waals surface area contributed by atoms with Crippen molar-refractivity contribution in [3.05, 3.63) is 0 Å². The van der Waals surface area contributed by atoms with Gasteiger partial charge >= 0.3 is 0 Å². The van der Waals surface area contributed by atoms with Crippen LogP contribution in [0.2, 0.25) is 0 Å². The fraction of sp³-hybridized carbons (Fsp3) is 0.667. The van der Waals surface area contributed by atoms with Crippen LogP contribution >= 0.6 is 11.5 Å². The molecule has 1 aliphatic carbocycles. The van der Waals surface area contributed by atoms with Gasteiger partial charge in [-0.15, -0.1) is 0 Å². The van der Waals surface area contributed by atoms with E-state index in [0.717, 1.165) is 12.8 Å². The lowest BCUT2D eigenvalue weighted by atomic mass is 10.5. The van der Waals surface area contributed by atoms with E-state index < -0.39 is 9.84 Å². The smallest absolute Gasteiger partial charge is 0.184 e. The Morgan fingerprint density at radius 3 is 2.69 bits per heavy atom. The van der Waals surface area contributed by atoms with Gasteiger partial charge in [0, 0.05) is 13.1 Å². The van der Waals surface area contributed by atoms with Crippen molar-refractivity contribution in [2.45, 2.75) is 30.7 Å². The predicted octanol–water partition coefficient (Wildman–Crippen LogP) is 1.12. The summed E-state index contributed by atoms with van der Waals surface area (Å²) < 4.78 is 27.8. The maximum Gasteiger partial charge on any atom is 0.184 e. The molecule has 1 saturated carbocycles. The molecule has 0 aromatic carbocycles. The van der Waals surface area contributed by atoms with Gasteiger partial charge in [-0.3, -0.25) is 0 Å². The molecule has 0 radical (unpaired) electrons. The van der Waals surface area contributed by atoms with Gasteiger partial charge in [0.25, 0.3) is 0 Å². The number of hydrogen-bond acceptors (Lipinski definition) is 6. The van der Waals surface area contributed by atoms with Crippen molar-refractivity contribution in [3.63, 3.8) is 0 Å². The summed E-state index contributed by atoms with van der Waals surface area (Å²) in [5.74, 6) is 0.190. The minimum atomic E-state index is -3.29. The number of nitrogen functional groups attached to an aromatic ring is 1. The molecule has 1 aromatic rings. The molecule has 1 aliphatic rings. The van der Waals surface area contributed by atoms with Gasteiger partial charge in [-0.05, 0) is 24.4 Å². The Kier molecular flexibility index (Phi) is 2.83. The molecule has 1 fully saturated rings. The molecule has 7 heteroatoms. The predicted molar refractivity (Wildman–Crippen MR) is 65.7 cm³/mol. The van der Waals surface area contributed by atoms with Crippen LogP contribution in [0.3, 0.4) is 0 Å². The van der Waals surface area contributed by atoms with E-state index in [2.05, 4.69) is 4.37 Å². The van der Waals surface area contributed by atoms with E-state index in [1.165, 1.54) is 11.5 Å². The van der Waals surface area contributed by atoms with Gasteiger partial charge in [0.2, 0.25) is 0 Å². The number of sulfone groups is 1. The maximum absolute atomic E-state index is 11.9. The van der Waals surface area contributed by atoms with E-state index in [4.69, 9.17) is 5.73 Å². The number of anilines is 2. The molecular formula is C9H15N3O2S2. The van der Waals surface area contributed by atoms with Crippen molar-refractivity contribution in [3.8, 4) is 0 Å². The first kappa shape index (κ1) is 11.7. The zero-order chi connectivity index (χ0) is 11.9. The molecule has 0 aliphatic heterocycles. The lowest BCUT2D eigenvalue weighted by molar-refractivity contribution is 0.597. The van der Waals surface area contributed by atoms with Crippen LogP contribution < -0.4 is 10.6 Å². The number of rotatable bonds is 4. The standard InChI is InChI=1S/C9H15N3O2S2/c1-3-16(13,14)7-8(10)11-15-9(7)12(2)6-4-5-6/h6H,3-5H2,1-2H3,(H2,10,11). The average Bonchev–Trinajstić information content (AvgIpc) is 3.00. The van der Waals surface area contributed by atoms with Crippen molar-refractivity contribution < 1.29 is 8.42 Å². The molecule has 0 saturated heterocycles. The van der Waals surface area contributed by atoms with E-state index in [1.54, 1.807) is 6.92 Å². The molecule has 0 amide bonds. The van der Waals surface area contributed by atoms with Gasteiger partial charge in [-0.1, -0.05) is 6.92 Å². The molecule has 1 heterocycles. The zero-order valence-corrected chi connectivity index (χ0v) is 10.9. The molecular weight excluding hydrogens is 246 g/mol. The summed E-state index contributed by atoms with van der Waals surface area (Å²) in [6.07, 6.45) is 2.22. The van der Waals surface area contributed by atoms with Crippen LogP contribution in [0.5, 0.6) is 0 Å². The van der Waals surface area contributed by atoms with Crippen molar-refractivity contribution >= 4 is 32.2 Å². The summed E-state index contributed by atoms with van der Waals surface area (Å²) in [5.41, 5.74) is 5.65. The highest BCUT2D eigenvalue weighted by molar-refractivity contribution is 7.91. The first-order valence-corrected chi connectivity index (χ1v) is 7.60. The SMILES string of the molecule is CCS(=O)(=O)c1c(N)nsc1N(C)C1CC1. The minimum absolute atomic E-state index is 0.0567. The van der Waals surface area contributed by atoms with Crippen molar-refractivity contribution in [1.82, 2.24) is 4.37 Å². The molecule has 0 atom stereocenters. The molecule has 2 N–H and O–H groups in total. The maximum atomic E-state index is 11.9. The van der Waals surface area contributed by atoms with E-state index in [9.17, 15) is 8.42 Å². The summed E-state index contributed by atoms with van der Waals surface area (Å²) >= 11 is 1.17. The minimum Gasteiger partial charge on any atom is -0.382 e. The highest BCUT2D eigenvalue weighted by Crippen LogP contribution is 2.39. The summed E-state index contributed by atoms with van der Waals surface area (Å²) in [5, 5.41) is 0.682. The number of nitrogens with two attached hydrogens (primary N) is 1. The van der Waals surface area contributed by atoms with E-state index in [0.29, 0.717) is 11.0 Å². The van der Waals surface area contributed by atoms with Crippen LogP contribution in [-0.2, 0) is 9.84 Å². The van der Waals surface area contributed by atoms with Gasteiger partial charge in [0.1, 0.15) is 9.90 Å². The van der Waals surface area contributed by atoms with Crippen molar-refractivity contribution in [1.29, 1.82) is 0 Å². The lowest BCUT2D eigenvalue weighted by Gasteiger charge is -2.17. The van der Waals surface area contributed by atoms with Crippen LogP contribution in [0.15, 0.2) is 4.90 Å². The second-order valence-corrected chi connectivity index (χ2v) is 6.91. The largest absolute Gasteiger partial charge is 0.382 e. The number of nitrogens with zero attached hydrogens (tertiary/aromatic N) is 2. The highest BCUT2D eigenvalue weighted by Gasteiger charge is 2.33. The summed E-state index contributed by atoms with van der Waals surface area (Å²) in [4.78, 5) is 2.20. The molecule has 90 valence electrons. The van der Waals surface area contributed by atoms with Gasteiger partial charge in [0.15, 0.2) is 15.7 Å². The fourth-order valence-corrected chi connectivity index (χ4v) is 3.93. The first-order valence-electron chi connectivity index (χ1n) is 5.18. The Balaban J connectivity index is 2.47. The molecule has 0 unspecified atom stereocenters. The Hall–Kier alpha value is -0.820. The summed E-state index contributed by atoms with van der Waals surface area (Å²) in [7, 11) is -1.38. The van der Waals surface area contributed by atoms with Crippen LogP contribution in [0, 0.1) is 0 Å². The van der Waals surface area contributed by atoms with Crippen LogP contribution in [-0.4, -0.2) is 31.6 Å². The number of aromatic nitrogens is 1. The van der Waals surface area contributed by atoms with E-state index >= 15 is 0 Å². The second-order valence-electron chi connectivity index (χ2n) is 3.95. The molecule has 0 bridgehead atoms. The van der Waals surface area contributed by atoms with Gasteiger partial charge in [0.05, 0.1) is 5.75 Å². The lowest BCUT2D eigenvalue weighted by Crippen LogP contribution is -2.21. The van der Waals surface area contributed by atoms with Crippen molar-refractivity contribution in [2.24, 2.45) is 0 Å². The third-order valence-corrected chi connectivity index (χ3v) is 5.63. The second kappa shape index (κ2) is 3.89. The molecule has 16 heavy (non-hydrogen) atoms. The van der Waals surface area contributed by atoms with Gasteiger partial charge in [-0.2, -0.15) is 4.37 Å². The van der Waals surface area contributed by atoms with Crippen LogP contribution in [0.25, 0.3) is 0 Å². The van der Waals surface area contributed by atoms with Gasteiger partial charge < -0.3 is 10.6 Å². The Morgan fingerprint density at radius 1 is 1.56 bits per heavy atom. The first-order chi connectivity index (χ1) is 7.47. The monoisotopic (exact) mass is 261 g/mol. The zero-order valence-electron chi connectivity index (χ0n) is 9.30. The Labute approximate surface area is 99.3 Å². The topological polar surface area (TPSA) is 76.3 Å². The molecule has 1 aromatic heterocycles. The fourth-order valence-electron chi connectivity index (χ4n) is 1.57. The third-order valence-electron chi connectivity index (χ3n) is 2.76. The number of hydrogen-bond donors (Lipinski definition) is 1. The Bertz CT molecular complexity index is 491. The summed E-state index contributed by atoms with van der Waals surface area (Å²) in [6.45, 7) is 1.62.